The second-order valence-electron chi connectivity index (χ2n) is 4.69. The predicted molar refractivity (Wildman–Crippen MR) is 74.8 cm³/mol. The van der Waals surface area contributed by atoms with Gasteiger partial charge in [-0.3, -0.25) is 4.68 Å². The van der Waals surface area contributed by atoms with Gasteiger partial charge in [-0.15, -0.1) is 0 Å². The van der Waals surface area contributed by atoms with Crippen LogP contribution in [-0.4, -0.2) is 9.78 Å². The number of rotatable bonds is 3. The fourth-order valence-electron chi connectivity index (χ4n) is 2.15. The number of aryl methyl sites for hydroxylation is 3. The Labute approximate surface area is 113 Å². The first kappa shape index (κ1) is 13.1. The van der Waals surface area contributed by atoms with E-state index in [4.69, 9.17) is 17.3 Å². The fraction of sp³-hybridized carbons (Fsp3) is 0.357. The molecule has 0 bridgehead atoms. The minimum absolute atomic E-state index is 0.104. The van der Waals surface area contributed by atoms with E-state index < -0.39 is 0 Å². The van der Waals surface area contributed by atoms with Gasteiger partial charge in [0.2, 0.25) is 0 Å². The lowest BCUT2D eigenvalue weighted by Crippen LogP contribution is -2.16. The average Bonchev–Trinajstić information content (AvgIpc) is 2.61. The van der Waals surface area contributed by atoms with Crippen molar-refractivity contribution in [1.29, 1.82) is 0 Å². The molecule has 0 radical (unpaired) electrons. The van der Waals surface area contributed by atoms with Crippen molar-refractivity contribution < 1.29 is 0 Å². The minimum atomic E-state index is -0.104. The Morgan fingerprint density at radius 2 is 2.11 bits per heavy atom. The topological polar surface area (TPSA) is 43.8 Å². The molecule has 1 heterocycles. The van der Waals surface area contributed by atoms with Crippen molar-refractivity contribution >= 4 is 11.6 Å². The summed E-state index contributed by atoms with van der Waals surface area (Å²) >= 11 is 6.30. The highest BCUT2D eigenvalue weighted by Crippen LogP contribution is 2.26. The van der Waals surface area contributed by atoms with Gasteiger partial charge in [0.25, 0.3) is 0 Å². The molecule has 4 heteroatoms. The highest BCUT2D eigenvalue weighted by molar-refractivity contribution is 6.32. The summed E-state index contributed by atoms with van der Waals surface area (Å²) in [6.07, 6.45) is 0.737. The maximum atomic E-state index is 6.30. The van der Waals surface area contributed by atoms with Gasteiger partial charge < -0.3 is 5.73 Å². The van der Waals surface area contributed by atoms with E-state index in [9.17, 15) is 0 Å². The number of nitrogens with two attached hydrogens (primary N) is 1. The third kappa shape index (κ3) is 2.57. The molecule has 1 aromatic heterocycles. The Kier molecular flexibility index (Phi) is 3.73. The molecule has 0 aliphatic carbocycles. The van der Waals surface area contributed by atoms with Crippen LogP contribution < -0.4 is 5.73 Å². The van der Waals surface area contributed by atoms with Crippen LogP contribution in [0, 0.1) is 13.8 Å². The zero-order valence-electron chi connectivity index (χ0n) is 10.9. The zero-order chi connectivity index (χ0) is 13.3. The first-order chi connectivity index (χ1) is 8.49. The van der Waals surface area contributed by atoms with Crippen LogP contribution in [-0.2, 0) is 13.5 Å². The summed E-state index contributed by atoms with van der Waals surface area (Å²) < 4.78 is 1.87. The maximum absolute atomic E-state index is 6.30. The lowest BCUT2D eigenvalue weighted by atomic mass is 10.0. The fourth-order valence-corrected chi connectivity index (χ4v) is 2.41. The van der Waals surface area contributed by atoms with Gasteiger partial charge in [0.05, 0.1) is 5.69 Å². The number of hydrogen-bond acceptors (Lipinski definition) is 2. The monoisotopic (exact) mass is 263 g/mol. The van der Waals surface area contributed by atoms with E-state index in [1.165, 1.54) is 0 Å². The Hall–Kier alpha value is -1.32. The molecule has 1 atom stereocenters. The molecule has 0 aliphatic rings. The Morgan fingerprint density at radius 3 is 2.72 bits per heavy atom. The first-order valence-corrected chi connectivity index (χ1v) is 6.37. The molecule has 1 unspecified atom stereocenters. The molecule has 0 aliphatic heterocycles. The zero-order valence-corrected chi connectivity index (χ0v) is 11.7. The standard InChI is InChI=1S/C14H18ClN3/c1-9-5-4-6-12(14(9)15)13(16)8-11-7-10(2)17-18(11)3/h4-7,13H,8,16H2,1-3H3. The second kappa shape index (κ2) is 5.12. The summed E-state index contributed by atoms with van der Waals surface area (Å²) in [7, 11) is 1.94. The molecule has 0 spiro atoms. The molecule has 18 heavy (non-hydrogen) atoms. The highest BCUT2D eigenvalue weighted by atomic mass is 35.5. The molecule has 0 saturated heterocycles. The smallest absolute Gasteiger partial charge is 0.0596 e. The summed E-state index contributed by atoms with van der Waals surface area (Å²) in [5.74, 6) is 0. The van der Waals surface area contributed by atoms with Crippen molar-refractivity contribution in [2.75, 3.05) is 0 Å². The van der Waals surface area contributed by atoms with Gasteiger partial charge in [0, 0.05) is 30.2 Å². The van der Waals surface area contributed by atoms with E-state index in [1.54, 1.807) is 0 Å². The Balaban J connectivity index is 2.24. The normalized spacial score (nSPS) is 12.7. The lowest BCUT2D eigenvalue weighted by molar-refractivity contribution is 0.639. The SMILES string of the molecule is Cc1cc(CC(N)c2cccc(C)c2Cl)n(C)n1. The molecule has 2 aromatic rings. The molecule has 2 N–H and O–H groups in total. The number of nitrogens with zero attached hydrogens (tertiary/aromatic N) is 2. The second-order valence-corrected chi connectivity index (χ2v) is 5.07. The van der Waals surface area contributed by atoms with Crippen LogP contribution in [0.3, 0.4) is 0 Å². The molecule has 0 fully saturated rings. The van der Waals surface area contributed by atoms with Crippen molar-refractivity contribution in [2.45, 2.75) is 26.3 Å². The number of aromatic nitrogens is 2. The van der Waals surface area contributed by atoms with E-state index in [1.807, 2.05) is 43.8 Å². The van der Waals surface area contributed by atoms with Crippen molar-refractivity contribution in [3.8, 4) is 0 Å². The number of halogens is 1. The van der Waals surface area contributed by atoms with Gasteiger partial charge in [-0.2, -0.15) is 5.10 Å². The van der Waals surface area contributed by atoms with Crippen molar-refractivity contribution in [2.24, 2.45) is 12.8 Å². The molecule has 0 amide bonds. The molecular formula is C14H18ClN3. The van der Waals surface area contributed by atoms with E-state index in [-0.39, 0.29) is 6.04 Å². The van der Waals surface area contributed by atoms with Crippen LogP contribution in [0.25, 0.3) is 0 Å². The Bertz CT molecular complexity index is 560. The number of benzene rings is 1. The van der Waals surface area contributed by atoms with Crippen LogP contribution in [0.15, 0.2) is 24.3 Å². The summed E-state index contributed by atoms with van der Waals surface area (Å²) in [5.41, 5.74) is 10.4. The van der Waals surface area contributed by atoms with Crippen LogP contribution >= 0.6 is 11.6 Å². The van der Waals surface area contributed by atoms with E-state index in [2.05, 4.69) is 11.2 Å². The highest BCUT2D eigenvalue weighted by Gasteiger charge is 2.14. The van der Waals surface area contributed by atoms with E-state index in [0.29, 0.717) is 0 Å². The van der Waals surface area contributed by atoms with Crippen LogP contribution in [0.2, 0.25) is 5.02 Å². The number of hydrogen-bond donors (Lipinski definition) is 1. The third-order valence-corrected chi connectivity index (χ3v) is 3.67. The molecule has 3 nitrogen and oxygen atoms in total. The largest absolute Gasteiger partial charge is 0.324 e. The third-order valence-electron chi connectivity index (χ3n) is 3.15. The van der Waals surface area contributed by atoms with Crippen LogP contribution in [0.1, 0.15) is 28.6 Å². The van der Waals surface area contributed by atoms with Crippen molar-refractivity contribution in [3.05, 3.63) is 51.8 Å². The summed E-state index contributed by atoms with van der Waals surface area (Å²) in [6.45, 7) is 3.97. The summed E-state index contributed by atoms with van der Waals surface area (Å²) in [4.78, 5) is 0. The summed E-state index contributed by atoms with van der Waals surface area (Å²) in [5, 5.41) is 5.09. The summed E-state index contributed by atoms with van der Waals surface area (Å²) in [6, 6.07) is 7.93. The van der Waals surface area contributed by atoms with E-state index >= 15 is 0 Å². The molecule has 0 saturated carbocycles. The quantitative estimate of drug-likeness (QED) is 0.925. The Morgan fingerprint density at radius 1 is 1.39 bits per heavy atom. The average molecular weight is 264 g/mol. The van der Waals surface area contributed by atoms with Gasteiger partial charge >= 0.3 is 0 Å². The van der Waals surface area contributed by atoms with Crippen molar-refractivity contribution in [1.82, 2.24) is 9.78 Å². The van der Waals surface area contributed by atoms with Crippen LogP contribution in [0.5, 0.6) is 0 Å². The van der Waals surface area contributed by atoms with Gasteiger partial charge in [-0.05, 0) is 31.0 Å². The van der Waals surface area contributed by atoms with E-state index in [0.717, 1.165) is 34.0 Å². The maximum Gasteiger partial charge on any atom is 0.0596 e. The van der Waals surface area contributed by atoms with Gasteiger partial charge in [-0.25, -0.2) is 0 Å². The van der Waals surface area contributed by atoms with Crippen molar-refractivity contribution in [3.63, 3.8) is 0 Å². The molecule has 2 rings (SSSR count). The predicted octanol–water partition coefficient (Wildman–Crippen LogP) is 2.93. The minimum Gasteiger partial charge on any atom is -0.324 e. The van der Waals surface area contributed by atoms with Gasteiger partial charge in [0.15, 0.2) is 0 Å². The molecule has 1 aromatic carbocycles. The van der Waals surface area contributed by atoms with Gasteiger partial charge in [0.1, 0.15) is 0 Å². The molecular weight excluding hydrogens is 246 g/mol. The first-order valence-electron chi connectivity index (χ1n) is 5.99. The van der Waals surface area contributed by atoms with Crippen LogP contribution in [0.4, 0.5) is 0 Å². The molecule has 96 valence electrons. The van der Waals surface area contributed by atoms with Gasteiger partial charge in [-0.1, -0.05) is 29.8 Å². The lowest BCUT2D eigenvalue weighted by Gasteiger charge is -2.15.